The topological polar surface area (TPSA) is 123 Å². The van der Waals surface area contributed by atoms with Crippen molar-refractivity contribution in [3.63, 3.8) is 0 Å². The van der Waals surface area contributed by atoms with Crippen LogP contribution in [0.5, 0.6) is 0 Å². The van der Waals surface area contributed by atoms with Crippen LogP contribution < -0.4 is 5.73 Å². The summed E-state index contributed by atoms with van der Waals surface area (Å²) in [5.74, 6) is -0.523. The molecule has 1 atom stereocenters. The van der Waals surface area contributed by atoms with Crippen LogP contribution in [0.3, 0.4) is 0 Å². The number of aliphatic hydroxyl groups is 2. The van der Waals surface area contributed by atoms with Gasteiger partial charge in [-0.25, -0.2) is 9.67 Å². The average molecular weight is 216 g/mol. The molecule has 0 amide bonds. The molecule has 8 nitrogen and oxygen atoms in total. The van der Waals surface area contributed by atoms with E-state index in [0.29, 0.717) is 0 Å². The monoisotopic (exact) mass is 216 g/mol. The number of rotatable bonds is 5. The van der Waals surface area contributed by atoms with Crippen LogP contribution >= 0.6 is 0 Å². The number of hydrogen-bond acceptors (Lipinski definition) is 7. The second kappa shape index (κ2) is 5.27. The lowest BCUT2D eigenvalue weighted by Gasteiger charge is -2.07. The Hall–Kier alpha value is -1.67. The maximum Gasteiger partial charge on any atom is 0.327 e. The number of aliphatic hydroxyl groups excluding tert-OH is 2. The minimum absolute atomic E-state index is 0.0678. The molecule has 0 aliphatic rings. The normalized spacial score (nSPS) is 12.4. The molecule has 8 heteroatoms. The van der Waals surface area contributed by atoms with Gasteiger partial charge in [-0.05, 0) is 0 Å². The van der Waals surface area contributed by atoms with Crippen LogP contribution in [0.15, 0.2) is 6.33 Å². The van der Waals surface area contributed by atoms with Crippen molar-refractivity contribution in [3.05, 3.63) is 6.33 Å². The van der Waals surface area contributed by atoms with Crippen molar-refractivity contribution >= 4 is 11.9 Å². The average Bonchev–Trinajstić information content (AvgIpc) is 2.60. The Morgan fingerprint density at radius 3 is 3.00 bits per heavy atom. The Labute approximate surface area is 85.3 Å². The van der Waals surface area contributed by atoms with Crippen LogP contribution in [-0.2, 0) is 16.1 Å². The van der Waals surface area contributed by atoms with E-state index in [-0.39, 0.29) is 19.1 Å². The molecule has 4 N–H and O–H groups in total. The number of nitrogens with two attached hydrogens (primary N) is 1. The summed E-state index contributed by atoms with van der Waals surface area (Å²) in [6, 6.07) is 0. The van der Waals surface area contributed by atoms with Gasteiger partial charge in [0.25, 0.3) is 0 Å². The van der Waals surface area contributed by atoms with Crippen molar-refractivity contribution in [1.82, 2.24) is 14.8 Å². The highest BCUT2D eigenvalue weighted by Gasteiger charge is 2.09. The summed E-state index contributed by atoms with van der Waals surface area (Å²) < 4.78 is 5.84. The van der Waals surface area contributed by atoms with Crippen molar-refractivity contribution in [1.29, 1.82) is 0 Å². The van der Waals surface area contributed by atoms with Crippen molar-refractivity contribution < 1.29 is 19.7 Å². The summed E-state index contributed by atoms with van der Waals surface area (Å²) in [5.41, 5.74) is 5.23. The molecule has 84 valence electrons. The summed E-state index contributed by atoms with van der Waals surface area (Å²) in [6.07, 6.45) is 0.230. The summed E-state index contributed by atoms with van der Waals surface area (Å²) in [4.78, 5) is 14.7. The van der Waals surface area contributed by atoms with Crippen molar-refractivity contribution in [2.75, 3.05) is 18.9 Å². The number of nitrogens with zero attached hydrogens (tertiary/aromatic N) is 3. The molecule has 0 bridgehead atoms. The predicted molar refractivity (Wildman–Crippen MR) is 48.5 cm³/mol. The van der Waals surface area contributed by atoms with Gasteiger partial charge in [-0.1, -0.05) is 0 Å². The van der Waals surface area contributed by atoms with Gasteiger partial charge in [0, 0.05) is 0 Å². The number of nitrogen functional groups attached to an aromatic ring is 1. The van der Waals surface area contributed by atoms with Crippen LogP contribution in [0.1, 0.15) is 0 Å². The van der Waals surface area contributed by atoms with E-state index < -0.39 is 18.7 Å². The Bertz CT molecular complexity index is 327. The molecular weight excluding hydrogens is 204 g/mol. The van der Waals surface area contributed by atoms with E-state index in [1.165, 1.54) is 11.0 Å². The molecule has 1 aromatic rings. The summed E-state index contributed by atoms with van der Waals surface area (Å²) in [6.45, 7) is -0.842. The van der Waals surface area contributed by atoms with E-state index in [0.717, 1.165) is 0 Å². The van der Waals surface area contributed by atoms with Gasteiger partial charge in [0.2, 0.25) is 5.95 Å². The van der Waals surface area contributed by atoms with Gasteiger partial charge in [0.1, 0.15) is 25.6 Å². The Morgan fingerprint density at radius 1 is 1.73 bits per heavy atom. The molecule has 15 heavy (non-hydrogen) atoms. The standard InChI is InChI=1S/C7H12N4O4/c8-7-9-4-11(10-7)1-6(14)15-3-5(13)2-12/h4-5,12-13H,1-3H2,(H2,8,10). The lowest BCUT2D eigenvalue weighted by molar-refractivity contribution is -0.148. The molecule has 0 aliphatic heterocycles. The number of aromatic nitrogens is 3. The van der Waals surface area contributed by atoms with Gasteiger partial charge in [0.05, 0.1) is 6.61 Å². The SMILES string of the molecule is Nc1ncn(CC(=O)OCC(O)CO)n1. The van der Waals surface area contributed by atoms with E-state index in [2.05, 4.69) is 14.8 Å². The minimum Gasteiger partial charge on any atom is -0.461 e. The number of anilines is 1. The quantitative estimate of drug-likeness (QED) is 0.475. The van der Waals surface area contributed by atoms with E-state index in [1.807, 2.05) is 0 Å². The Morgan fingerprint density at radius 2 is 2.47 bits per heavy atom. The fraction of sp³-hybridized carbons (Fsp3) is 0.571. The second-order valence-electron chi connectivity index (χ2n) is 2.82. The Balaban J connectivity index is 2.30. The highest BCUT2D eigenvalue weighted by Crippen LogP contribution is 1.92. The van der Waals surface area contributed by atoms with Crippen molar-refractivity contribution in [2.45, 2.75) is 12.6 Å². The zero-order valence-corrected chi connectivity index (χ0v) is 7.91. The van der Waals surface area contributed by atoms with E-state index in [1.54, 1.807) is 0 Å². The Kier molecular flexibility index (Phi) is 4.01. The first-order chi connectivity index (χ1) is 7.11. The largest absolute Gasteiger partial charge is 0.461 e. The van der Waals surface area contributed by atoms with Crippen molar-refractivity contribution in [2.24, 2.45) is 0 Å². The van der Waals surface area contributed by atoms with Gasteiger partial charge in [-0.15, -0.1) is 5.10 Å². The van der Waals surface area contributed by atoms with Crippen LogP contribution in [0.25, 0.3) is 0 Å². The summed E-state index contributed by atoms with van der Waals surface area (Å²) >= 11 is 0. The zero-order valence-electron chi connectivity index (χ0n) is 7.91. The molecule has 0 fully saturated rings. The fourth-order valence-electron chi connectivity index (χ4n) is 0.805. The number of carbonyl (C=O) groups is 1. The molecular formula is C7H12N4O4. The first-order valence-electron chi connectivity index (χ1n) is 4.21. The molecule has 0 saturated carbocycles. The molecule has 0 spiro atoms. The fourth-order valence-corrected chi connectivity index (χ4v) is 0.805. The zero-order chi connectivity index (χ0) is 11.3. The molecule has 0 aromatic carbocycles. The second-order valence-corrected chi connectivity index (χ2v) is 2.82. The first-order valence-corrected chi connectivity index (χ1v) is 4.21. The minimum atomic E-state index is -1.06. The molecule has 0 aliphatic carbocycles. The number of carbonyl (C=O) groups excluding carboxylic acids is 1. The smallest absolute Gasteiger partial charge is 0.327 e. The highest BCUT2D eigenvalue weighted by molar-refractivity contribution is 5.69. The maximum absolute atomic E-state index is 11.1. The molecule has 1 heterocycles. The van der Waals surface area contributed by atoms with Gasteiger partial charge in [-0.2, -0.15) is 0 Å². The predicted octanol–water partition coefficient (Wildman–Crippen LogP) is -2.24. The van der Waals surface area contributed by atoms with Crippen LogP contribution in [0.2, 0.25) is 0 Å². The molecule has 0 saturated heterocycles. The van der Waals surface area contributed by atoms with E-state index in [9.17, 15) is 4.79 Å². The number of hydrogen-bond donors (Lipinski definition) is 3. The summed E-state index contributed by atoms with van der Waals surface area (Å²) in [5, 5.41) is 21.0. The third-order valence-electron chi connectivity index (χ3n) is 1.49. The molecule has 0 radical (unpaired) electrons. The van der Waals surface area contributed by atoms with E-state index in [4.69, 9.17) is 15.9 Å². The third-order valence-corrected chi connectivity index (χ3v) is 1.49. The highest BCUT2D eigenvalue weighted by atomic mass is 16.5. The van der Waals surface area contributed by atoms with Crippen LogP contribution in [0.4, 0.5) is 5.95 Å². The lowest BCUT2D eigenvalue weighted by atomic mass is 10.4. The van der Waals surface area contributed by atoms with Gasteiger partial charge in [0.15, 0.2) is 0 Å². The van der Waals surface area contributed by atoms with Gasteiger partial charge < -0.3 is 20.7 Å². The summed E-state index contributed by atoms with van der Waals surface area (Å²) in [7, 11) is 0. The molecule has 1 rings (SSSR count). The lowest BCUT2D eigenvalue weighted by Crippen LogP contribution is -2.24. The van der Waals surface area contributed by atoms with Crippen molar-refractivity contribution in [3.8, 4) is 0 Å². The van der Waals surface area contributed by atoms with Gasteiger partial charge >= 0.3 is 5.97 Å². The number of esters is 1. The first kappa shape index (κ1) is 11.4. The third kappa shape index (κ3) is 3.92. The van der Waals surface area contributed by atoms with E-state index >= 15 is 0 Å². The van der Waals surface area contributed by atoms with Crippen LogP contribution in [0, 0.1) is 0 Å². The molecule has 1 aromatic heterocycles. The van der Waals surface area contributed by atoms with Crippen LogP contribution in [-0.4, -0.2) is 50.3 Å². The van der Waals surface area contributed by atoms with Gasteiger partial charge in [-0.3, -0.25) is 4.79 Å². The molecule has 1 unspecified atom stereocenters. The maximum atomic E-state index is 11.1. The number of ether oxygens (including phenoxy) is 1.